The highest BCUT2D eigenvalue weighted by atomic mass is 16.4. The molecule has 0 fully saturated rings. The molecule has 2 atom stereocenters. The molecular weight excluding hydrogens is 336 g/mol. The molecule has 3 nitrogen and oxygen atoms in total. The molecule has 1 aromatic carbocycles. The third kappa shape index (κ3) is 12.6. The van der Waals surface area contributed by atoms with E-state index in [2.05, 4.69) is 30.3 Å². The number of carboxylic acids is 1. The van der Waals surface area contributed by atoms with E-state index in [1.807, 2.05) is 0 Å². The second-order valence-electron chi connectivity index (χ2n) is 8.46. The van der Waals surface area contributed by atoms with Gasteiger partial charge in [0.25, 0.3) is 0 Å². The Balaban J connectivity index is 1.88. The van der Waals surface area contributed by atoms with Gasteiger partial charge in [-0.25, -0.2) is 0 Å². The molecule has 0 spiro atoms. The van der Waals surface area contributed by atoms with Gasteiger partial charge in [-0.05, 0) is 38.2 Å². The molecule has 0 amide bonds. The maximum absolute atomic E-state index is 10.9. The van der Waals surface area contributed by atoms with Crippen molar-refractivity contribution < 1.29 is 15.0 Å². The Morgan fingerprint density at radius 1 is 0.889 bits per heavy atom. The third-order valence-electron chi connectivity index (χ3n) is 5.44. The van der Waals surface area contributed by atoms with Crippen molar-refractivity contribution in [3.8, 4) is 0 Å². The summed E-state index contributed by atoms with van der Waals surface area (Å²) < 4.78 is 0. The van der Waals surface area contributed by atoms with E-state index in [1.165, 1.54) is 63.4 Å². The Labute approximate surface area is 166 Å². The largest absolute Gasteiger partial charge is 0.481 e. The van der Waals surface area contributed by atoms with Crippen LogP contribution in [0.15, 0.2) is 30.3 Å². The topological polar surface area (TPSA) is 57.5 Å². The first-order valence-electron chi connectivity index (χ1n) is 10.9. The molecular formula is C24H40O3. The van der Waals surface area contributed by atoms with Gasteiger partial charge in [0, 0.05) is 0 Å². The average molecular weight is 377 g/mol. The molecule has 0 saturated heterocycles. The number of carboxylic acid groups (broad SMARTS) is 1. The summed E-state index contributed by atoms with van der Waals surface area (Å²) in [6, 6.07) is 10.7. The molecule has 0 aromatic heterocycles. The quantitative estimate of drug-likeness (QED) is 0.329. The Bertz CT molecular complexity index is 496. The predicted octanol–water partition coefficient (Wildman–Crippen LogP) is 6.38. The van der Waals surface area contributed by atoms with E-state index in [9.17, 15) is 9.90 Å². The van der Waals surface area contributed by atoms with Crippen LogP contribution in [0.1, 0.15) is 96.5 Å². The summed E-state index contributed by atoms with van der Waals surface area (Å²) in [7, 11) is 0. The number of hydrogen-bond donors (Lipinski definition) is 2. The molecule has 0 bridgehead atoms. The van der Waals surface area contributed by atoms with Crippen LogP contribution in [-0.4, -0.2) is 21.8 Å². The number of aryl methyl sites for hydroxylation is 1. The van der Waals surface area contributed by atoms with Crippen LogP contribution in [0.4, 0.5) is 0 Å². The summed E-state index contributed by atoms with van der Waals surface area (Å²) in [5, 5.41) is 19.2. The standard InChI is InChI=1S/C24H40O3/c1-21(23(25)26)20-24(2,27)19-15-10-8-6-4-3-5-7-9-12-16-22-17-13-11-14-18-22/h11,13-14,17-18,21,27H,3-10,12,15-16,19-20H2,1-2H3,(H,25,26). The zero-order valence-electron chi connectivity index (χ0n) is 17.5. The summed E-state index contributed by atoms with van der Waals surface area (Å²) in [6.07, 6.45) is 14.8. The molecule has 154 valence electrons. The first kappa shape index (κ1) is 23.7. The van der Waals surface area contributed by atoms with Crippen LogP contribution in [0.3, 0.4) is 0 Å². The minimum Gasteiger partial charge on any atom is -0.481 e. The van der Waals surface area contributed by atoms with E-state index in [1.54, 1.807) is 13.8 Å². The number of rotatable bonds is 16. The molecule has 2 N–H and O–H groups in total. The Hall–Kier alpha value is -1.35. The van der Waals surface area contributed by atoms with E-state index >= 15 is 0 Å². The molecule has 1 rings (SSSR count). The molecule has 0 heterocycles. The highest BCUT2D eigenvalue weighted by Crippen LogP contribution is 2.23. The van der Waals surface area contributed by atoms with Gasteiger partial charge in [0.1, 0.15) is 0 Å². The molecule has 3 heteroatoms. The van der Waals surface area contributed by atoms with Crippen molar-refractivity contribution in [1.82, 2.24) is 0 Å². The fourth-order valence-electron chi connectivity index (χ4n) is 3.74. The summed E-state index contributed by atoms with van der Waals surface area (Å²) in [4.78, 5) is 10.9. The zero-order valence-corrected chi connectivity index (χ0v) is 17.5. The Morgan fingerprint density at radius 2 is 1.37 bits per heavy atom. The molecule has 2 unspecified atom stereocenters. The minimum absolute atomic E-state index is 0.340. The van der Waals surface area contributed by atoms with Gasteiger partial charge in [-0.1, -0.05) is 95.0 Å². The van der Waals surface area contributed by atoms with Crippen molar-refractivity contribution in [1.29, 1.82) is 0 Å². The molecule has 0 saturated carbocycles. The van der Waals surface area contributed by atoms with Crippen LogP contribution < -0.4 is 0 Å². The molecule has 27 heavy (non-hydrogen) atoms. The van der Waals surface area contributed by atoms with Crippen molar-refractivity contribution in [2.45, 2.75) is 103 Å². The molecule has 0 aliphatic rings. The second kappa shape index (κ2) is 13.8. The number of carbonyl (C=O) groups is 1. The second-order valence-corrected chi connectivity index (χ2v) is 8.46. The predicted molar refractivity (Wildman–Crippen MR) is 113 cm³/mol. The third-order valence-corrected chi connectivity index (χ3v) is 5.44. The van der Waals surface area contributed by atoms with Crippen molar-refractivity contribution in [2.75, 3.05) is 0 Å². The maximum atomic E-state index is 10.9. The monoisotopic (exact) mass is 376 g/mol. The van der Waals surface area contributed by atoms with Crippen molar-refractivity contribution in [3.63, 3.8) is 0 Å². The lowest BCUT2D eigenvalue weighted by atomic mass is 9.88. The Kier molecular flexibility index (Phi) is 12.1. The smallest absolute Gasteiger partial charge is 0.306 e. The van der Waals surface area contributed by atoms with Crippen LogP contribution >= 0.6 is 0 Å². The van der Waals surface area contributed by atoms with E-state index < -0.39 is 17.5 Å². The van der Waals surface area contributed by atoms with Crippen molar-refractivity contribution >= 4 is 5.97 Å². The number of aliphatic hydroxyl groups is 1. The van der Waals surface area contributed by atoms with Crippen LogP contribution in [-0.2, 0) is 11.2 Å². The number of benzene rings is 1. The lowest BCUT2D eigenvalue weighted by molar-refractivity contribution is -0.143. The molecule has 0 aliphatic carbocycles. The first-order chi connectivity index (χ1) is 12.9. The van der Waals surface area contributed by atoms with Crippen molar-refractivity contribution in [3.05, 3.63) is 35.9 Å². The van der Waals surface area contributed by atoms with Gasteiger partial charge >= 0.3 is 5.97 Å². The van der Waals surface area contributed by atoms with Gasteiger partial charge in [-0.3, -0.25) is 4.79 Å². The molecule has 0 radical (unpaired) electrons. The van der Waals surface area contributed by atoms with Crippen LogP contribution in [0, 0.1) is 5.92 Å². The average Bonchev–Trinajstić information content (AvgIpc) is 2.63. The maximum Gasteiger partial charge on any atom is 0.306 e. The van der Waals surface area contributed by atoms with Crippen LogP contribution in [0.2, 0.25) is 0 Å². The summed E-state index contributed by atoms with van der Waals surface area (Å²) >= 11 is 0. The molecule has 0 aliphatic heterocycles. The van der Waals surface area contributed by atoms with Crippen molar-refractivity contribution in [2.24, 2.45) is 5.92 Å². The minimum atomic E-state index is -0.850. The number of aliphatic carboxylic acids is 1. The van der Waals surface area contributed by atoms with Crippen LogP contribution in [0.5, 0.6) is 0 Å². The van der Waals surface area contributed by atoms with E-state index in [4.69, 9.17) is 5.11 Å². The normalized spacial score (nSPS) is 14.6. The highest BCUT2D eigenvalue weighted by molar-refractivity contribution is 5.69. The van der Waals surface area contributed by atoms with E-state index in [0.29, 0.717) is 12.8 Å². The lowest BCUT2D eigenvalue weighted by Gasteiger charge is -2.25. The summed E-state index contributed by atoms with van der Waals surface area (Å²) in [5.74, 6) is -1.30. The van der Waals surface area contributed by atoms with Gasteiger partial charge in [-0.2, -0.15) is 0 Å². The summed E-state index contributed by atoms with van der Waals surface area (Å²) in [5.41, 5.74) is 0.603. The van der Waals surface area contributed by atoms with Gasteiger partial charge in [0.15, 0.2) is 0 Å². The summed E-state index contributed by atoms with van der Waals surface area (Å²) in [6.45, 7) is 3.43. The SMILES string of the molecule is CC(CC(C)(O)CCCCCCCCCCCCc1ccccc1)C(=O)O. The van der Waals surface area contributed by atoms with Crippen LogP contribution in [0.25, 0.3) is 0 Å². The van der Waals surface area contributed by atoms with Gasteiger partial charge in [-0.15, -0.1) is 0 Å². The van der Waals surface area contributed by atoms with Gasteiger partial charge < -0.3 is 10.2 Å². The molecule has 1 aromatic rings. The lowest BCUT2D eigenvalue weighted by Crippen LogP contribution is -2.29. The number of hydrogen-bond acceptors (Lipinski definition) is 2. The van der Waals surface area contributed by atoms with E-state index in [0.717, 1.165) is 12.8 Å². The van der Waals surface area contributed by atoms with E-state index in [-0.39, 0.29) is 0 Å². The first-order valence-corrected chi connectivity index (χ1v) is 10.9. The van der Waals surface area contributed by atoms with Gasteiger partial charge in [0.2, 0.25) is 0 Å². The number of unbranched alkanes of at least 4 members (excludes halogenated alkanes) is 9. The Morgan fingerprint density at radius 3 is 1.89 bits per heavy atom. The fourth-order valence-corrected chi connectivity index (χ4v) is 3.74. The van der Waals surface area contributed by atoms with Gasteiger partial charge in [0.05, 0.1) is 11.5 Å². The highest BCUT2D eigenvalue weighted by Gasteiger charge is 2.26. The zero-order chi connectivity index (χ0) is 20.0. The fraction of sp³-hybridized carbons (Fsp3) is 0.708.